The number of anilines is 1. The van der Waals surface area contributed by atoms with Crippen molar-refractivity contribution < 1.29 is 5.11 Å². The van der Waals surface area contributed by atoms with Crippen molar-refractivity contribution in [1.82, 2.24) is 15.1 Å². The Morgan fingerprint density at radius 1 is 1.79 bits per heavy atom. The van der Waals surface area contributed by atoms with Crippen LogP contribution in [0.25, 0.3) is 0 Å². The van der Waals surface area contributed by atoms with Gasteiger partial charge in [0.25, 0.3) is 0 Å². The predicted molar refractivity (Wildman–Crippen MR) is 54.1 cm³/mol. The van der Waals surface area contributed by atoms with E-state index in [1.165, 1.54) is 0 Å². The van der Waals surface area contributed by atoms with E-state index in [-0.39, 0.29) is 6.10 Å². The van der Waals surface area contributed by atoms with E-state index in [1.807, 2.05) is 13.2 Å². The summed E-state index contributed by atoms with van der Waals surface area (Å²) < 4.78 is 1.76. The number of rotatable bonds is 3. The van der Waals surface area contributed by atoms with Gasteiger partial charge in [-0.1, -0.05) is 0 Å². The minimum Gasteiger partial charge on any atom is -0.392 e. The van der Waals surface area contributed by atoms with Crippen molar-refractivity contribution in [1.29, 1.82) is 0 Å². The molecule has 0 spiro atoms. The largest absolute Gasteiger partial charge is 0.392 e. The van der Waals surface area contributed by atoms with E-state index < -0.39 is 0 Å². The van der Waals surface area contributed by atoms with Crippen molar-refractivity contribution in [3.63, 3.8) is 0 Å². The lowest BCUT2D eigenvalue weighted by molar-refractivity contribution is 0.193. The van der Waals surface area contributed by atoms with Crippen LogP contribution in [0.15, 0.2) is 12.4 Å². The van der Waals surface area contributed by atoms with Crippen LogP contribution in [0, 0.1) is 0 Å². The molecule has 5 nitrogen and oxygen atoms in total. The van der Waals surface area contributed by atoms with Crippen LogP contribution in [0.3, 0.4) is 0 Å². The Morgan fingerprint density at radius 3 is 3.21 bits per heavy atom. The van der Waals surface area contributed by atoms with Gasteiger partial charge in [-0.15, -0.1) is 0 Å². The van der Waals surface area contributed by atoms with Crippen molar-refractivity contribution in [3.8, 4) is 0 Å². The van der Waals surface area contributed by atoms with Gasteiger partial charge in [-0.25, -0.2) is 0 Å². The second kappa shape index (κ2) is 3.98. The molecule has 2 unspecified atom stereocenters. The number of hydrogen-bond donors (Lipinski definition) is 3. The summed E-state index contributed by atoms with van der Waals surface area (Å²) in [6.07, 6.45) is 4.38. The summed E-state index contributed by atoms with van der Waals surface area (Å²) >= 11 is 0. The Bertz CT molecular complexity index is 299. The monoisotopic (exact) mass is 196 g/mol. The van der Waals surface area contributed by atoms with Crippen molar-refractivity contribution in [2.45, 2.75) is 18.6 Å². The van der Waals surface area contributed by atoms with Gasteiger partial charge in [0.15, 0.2) is 0 Å². The average molecular weight is 196 g/mol. The molecule has 1 aliphatic rings. The second-order valence-corrected chi connectivity index (χ2v) is 3.78. The molecular weight excluding hydrogens is 180 g/mol. The molecule has 78 valence electrons. The number of nitrogens with one attached hydrogen (secondary N) is 2. The molecule has 0 amide bonds. The third-order valence-electron chi connectivity index (χ3n) is 2.46. The Kier molecular flexibility index (Phi) is 2.69. The van der Waals surface area contributed by atoms with Crippen LogP contribution in [0.5, 0.6) is 0 Å². The van der Waals surface area contributed by atoms with Crippen LogP contribution in [0.4, 0.5) is 5.69 Å². The minimum atomic E-state index is -0.185. The van der Waals surface area contributed by atoms with Crippen molar-refractivity contribution in [3.05, 3.63) is 12.4 Å². The van der Waals surface area contributed by atoms with E-state index in [1.54, 1.807) is 10.9 Å². The molecule has 0 radical (unpaired) electrons. The molecule has 2 heterocycles. The molecule has 0 aliphatic carbocycles. The Morgan fingerprint density at radius 2 is 2.64 bits per heavy atom. The molecule has 1 aromatic rings. The van der Waals surface area contributed by atoms with Crippen LogP contribution >= 0.6 is 0 Å². The summed E-state index contributed by atoms with van der Waals surface area (Å²) in [6.45, 7) is 1.54. The summed E-state index contributed by atoms with van der Waals surface area (Å²) in [7, 11) is 1.89. The smallest absolute Gasteiger partial charge is 0.0726 e. The summed E-state index contributed by atoms with van der Waals surface area (Å²) in [5, 5.41) is 19.9. The second-order valence-electron chi connectivity index (χ2n) is 3.78. The normalized spacial score (nSPS) is 26.7. The van der Waals surface area contributed by atoms with Gasteiger partial charge in [0.2, 0.25) is 0 Å². The summed E-state index contributed by atoms with van der Waals surface area (Å²) in [4.78, 5) is 0. The first-order valence-electron chi connectivity index (χ1n) is 4.88. The van der Waals surface area contributed by atoms with E-state index in [0.717, 1.165) is 18.7 Å². The molecule has 0 aromatic carbocycles. The van der Waals surface area contributed by atoms with Gasteiger partial charge >= 0.3 is 0 Å². The van der Waals surface area contributed by atoms with Crippen LogP contribution in [0.1, 0.15) is 6.42 Å². The summed E-state index contributed by atoms with van der Waals surface area (Å²) in [6, 6.07) is 0.366. The fourth-order valence-electron chi connectivity index (χ4n) is 1.71. The molecule has 3 N–H and O–H groups in total. The third-order valence-corrected chi connectivity index (χ3v) is 2.46. The van der Waals surface area contributed by atoms with Crippen molar-refractivity contribution >= 4 is 5.69 Å². The maximum absolute atomic E-state index is 9.29. The highest BCUT2D eigenvalue weighted by Crippen LogP contribution is 2.08. The molecular formula is C9H16N4O. The van der Waals surface area contributed by atoms with Gasteiger partial charge < -0.3 is 15.7 Å². The topological polar surface area (TPSA) is 62.1 Å². The van der Waals surface area contributed by atoms with Crippen molar-refractivity contribution in [2.75, 3.05) is 18.4 Å². The first-order valence-corrected chi connectivity index (χ1v) is 4.88. The van der Waals surface area contributed by atoms with Crippen LogP contribution < -0.4 is 10.6 Å². The lowest BCUT2D eigenvalue weighted by Crippen LogP contribution is -2.29. The lowest BCUT2D eigenvalue weighted by atomic mass is 10.2. The number of β-amino-alcohol motifs (C(OH)–C–C–N with tert-alkyl or cyclic N) is 1. The van der Waals surface area contributed by atoms with Gasteiger partial charge in [-0.05, 0) is 6.42 Å². The highest BCUT2D eigenvalue weighted by atomic mass is 16.3. The molecule has 2 atom stereocenters. The first kappa shape index (κ1) is 9.48. The Balaban J connectivity index is 1.77. The molecule has 1 aliphatic heterocycles. The molecule has 2 rings (SSSR count). The van der Waals surface area contributed by atoms with Crippen LogP contribution in [-0.4, -0.2) is 40.1 Å². The van der Waals surface area contributed by atoms with Gasteiger partial charge in [0.1, 0.15) is 0 Å². The number of aliphatic hydroxyl groups is 1. The third kappa shape index (κ3) is 2.24. The molecule has 0 saturated carbocycles. The van der Waals surface area contributed by atoms with Gasteiger partial charge in [0, 0.05) is 32.4 Å². The van der Waals surface area contributed by atoms with E-state index in [0.29, 0.717) is 12.6 Å². The number of aryl methyl sites for hydroxylation is 1. The molecule has 1 aromatic heterocycles. The van der Waals surface area contributed by atoms with Crippen LogP contribution in [0.2, 0.25) is 0 Å². The number of aliphatic hydroxyl groups excluding tert-OH is 1. The van der Waals surface area contributed by atoms with Gasteiger partial charge in [0.05, 0.1) is 18.0 Å². The summed E-state index contributed by atoms with van der Waals surface area (Å²) in [5.74, 6) is 0. The molecule has 0 bridgehead atoms. The van der Waals surface area contributed by atoms with E-state index in [4.69, 9.17) is 0 Å². The zero-order chi connectivity index (χ0) is 9.97. The summed E-state index contributed by atoms with van der Waals surface area (Å²) in [5.41, 5.74) is 1.02. The molecule has 1 saturated heterocycles. The molecule has 1 fully saturated rings. The minimum absolute atomic E-state index is 0.185. The van der Waals surface area contributed by atoms with Gasteiger partial charge in [-0.2, -0.15) is 5.10 Å². The maximum atomic E-state index is 9.29. The van der Waals surface area contributed by atoms with Gasteiger partial charge in [-0.3, -0.25) is 4.68 Å². The highest BCUT2D eigenvalue weighted by Gasteiger charge is 2.21. The number of aromatic nitrogens is 2. The standard InChI is InChI=1S/C9H16N4O/c1-13-6-8(4-12-13)10-3-7-2-9(14)5-11-7/h4,6-7,9-11,14H,2-3,5H2,1H3. The van der Waals surface area contributed by atoms with E-state index in [9.17, 15) is 5.11 Å². The fourth-order valence-corrected chi connectivity index (χ4v) is 1.71. The SMILES string of the molecule is Cn1cc(NCC2CC(O)CN2)cn1. The quantitative estimate of drug-likeness (QED) is 0.613. The number of nitrogens with zero attached hydrogens (tertiary/aromatic N) is 2. The fraction of sp³-hybridized carbons (Fsp3) is 0.667. The molecule has 5 heteroatoms. The Labute approximate surface area is 83.1 Å². The zero-order valence-electron chi connectivity index (χ0n) is 8.27. The predicted octanol–water partition coefficient (Wildman–Crippen LogP) is -0.445. The first-order chi connectivity index (χ1) is 6.74. The number of hydrogen-bond acceptors (Lipinski definition) is 4. The van der Waals surface area contributed by atoms with E-state index >= 15 is 0 Å². The molecule has 14 heavy (non-hydrogen) atoms. The van der Waals surface area contributed by atoms with Crippen LogP contribution in [-0.2, 0) is 7.05 Å². The Hall–Kier alpha value is -1.07. The average Bonchev–Trinajstić information content (AvgIpc) is 2.72. The highest BCUT2D eigenvalue weighted by molar-refractivity contribution is 5.38. The van der Waals surface area contributed by atoms with Crippen molar-refractivity contribution in [2.24, 2.45) is 7.05 Å². The maximum Gasteiger partial charge on any atom is 0.0726 e. The lowest BCUT2D eigenvalue weighted by Gasteiger charge is -2.10. The van der Waals surface area contributed by atoms with E-state index in [2.05, 4.69) is 15.7 Å². The zero-order valence-corrected chi connectivity index (χ0v) is 8.27.